The minimum atomic E-state index is -3.51. The number of nitrogens with zero attached hydrogens (tertiary/aromatic N) is 2. The zero-order chi connectivity index (χ0) is 14.7. The second kappa shape index (κ2) is 5.69. The lowest BCUT2D eigenvalue weighted by atomic mass is 10.1. The minimum Gasteiger partial charge on any atom is -0.269 e. The van der Waals surface area contributed by atoms with Crippen LogP contribution >= 0.6 is 0 Å². The van der Waals surface area contributed by atoms with E-state index in [4.69, 9.17) is 0 Å². The van der Waals surface area contributed by atoms with E-state index in [1.54, 1.807) is 24.3 Å². The average molecular weight is 300 g/mol. The smallest absolute Gasteiger partial charge is 0.265 e. The predicted octanol–water partition coefficient (Wildman–Crippen LogP) is 2.33. The van der Waals surface area contributed by atoms with E-state index in [0.717, 1.165) is 5.56 Å². The van der Waals surface area contributed by atoms with Crippen LogP contribution in [-0.4, -0.2) is 31.6 Å². The van der Waals surface area contributed by atoms with Crippen LogP contribution in [0.5, 0.6) is 0 Å². The van der Waals surface area contributed by atoms with E-state index in [0.29, 0.717) is 30.2 Å². The van der Waals surface area contributed by atoms with Gasteiger partial charge < -0.3 is 0 Å². The Morgan fingerprint density at radius 1 is 0.952 bits per heavy atom. The third-order valence-electron chi connectivity index (χ3n) is 3.42. The summed E-state index contributed by atoms with van der Waals surface area (Å²) in [7, 11) is -3.51. The SMILES string of the molecule is O=S(=O)(c1ccccc1)N1CCN=C1Cc1ccccc1. The van der Waals surface area contributed by atoms with Gasteiger partial charge in [-0.3, -0.25) is 9.30 Å². The zero-order valence-electron chi connectivity index (χ0n) is 11.5. The topological polar surface area (TPSA) is 49.7 Å². The summed E-state index contributed by atoms with van der Waals surface area (Å²) in [5.74, 6) is 0.616. The number of benzene rings is 2. The monoisotopic (exact) mass is 300 g/mol. The van der Waals surface area contributed by atoms with Gasteiger partial charge in [0.25, 0.3) is 10.0 Å². The van der Waals surface area contributed by atoms with Crippen molar-refractivity contribution in [3.63, 3.8) is 0 Å². The quantitative estimate of drug-likeness (QED) is 0.870. The van der Waals surface area contributed by atoms with E-state index < -0.39 is 10.0 Å². The Morgan fingerprint density at radius 3 is 2.24 bits per heavy atom. The molecule has 0 atom stereocenters. The molecule has 0 bridgehead atoms. The number of rotatable bonds is 4. The molecule has 2 aromatic carbocycles. The van der Waals surface area contributed by atoms with Gasteiger partial charge >= 0.3 is 0 Å². The van der Waals surface area contributed by atoms with E-state index in [-0.39, 0.29) is 0 Å². The van der Waals surface area contributed by atoms with Crippen LogP contribution in [0.15, 0.2) is 70.6 Å². The Kier molecular flexibility index (Phi) is 3.75. The van der Waals surface area contributed by atoms with Crippen LogP contribution in [0.4, 0.5) is 0 Å². The number of hydrogen-bond acceptors (Lipinski definition) is 3. The number of aliphatic imine (C=N–C) groups is 1. The highest BCUT2D eigenvalue weighted by molar-refractivity contribution is 7.89. The molecule has 0 aliphatic carbocycles. The first kappa shape index (κ1) is 13.8. The molecule has 1 aliphatic rings. The molecule has 4 nitrogen and oxygen atoms in total. The molecule has 0 spiro atoms. The largest absolute Gasteiger partial charge is 0.269 e. The van der Waals surface area contributed by atoms with Gasteiger partial charge in [0.2, 0.25) is 0 Å². The molecule has 108 valence electrons. The first-order valence-electron chi connectivity index (χ1n) is 6.83. The molecule has 0 amide bonds. The Hall–Kier alpha value is -2.14. The average Bonchev–Trinajstić information content (AvgIpc) is 2.98. The van der Waals surface area contributed by atoms with Gasteiger partial charge in [0.15, 0.2) is 0 Å². The molecule has 5 heteroatoms. The van der Waals surface area contributed by atoms with E-state index in [9.17, 15) is 8.42 Å². The fourth-order valence-electron chi connectivity index (χ4n) is 2.38. The third-order valence-corrected chi connectivity index (χ3v) is 5.26. The fraction of sp³-hybridized carbons (Fsp3) is 0.188. The van der Waals surface area contributed by atoms with Gasteiger partial charge in [-0.15, -0.1) is 0 Å². The predicted molar refractivity (Wildman–Crippen MR) is 82.8 cm³/mol. The van der Waals surface area contributed by atoms with Gasteiger partial charge in [0.1, 0.15) is 5.84 Å². The highest BCUT2D eigenvalue weighted by Gasteiger charge is 2.30. The zero-order valence-corrected chi connectivity index (χ0v) is 12.3. The second-order valence-corrected chi connectivity index (χ2v) is 6.71. The van der Waals surface area contributed by atoms with Crippen molar-refractivity contribution in [2.75, 3.05) is 13.1 Å². The van der Waals surface area contributed by atoms with Gasteiger partial charge in [-0.2, -0.15) is 0 Å². The molecule has 0 N–H and O–H groups in total. The Morgan fingerprint density at radius 2 is 1.57 bits per heavy atom. The summed E-state index contributed by atoms with van der Waals surface area (Å²) in [5, 5.41) is 0. The van der Waals surface area contributed by atoms with Crippen molar-refractivity contribution in [3.05, 3.63) is 66.2 Å². The molecule has 0 aromatic heterocycles. The maximum absolute atomic E-state index is 12.7. The van der Waals surface area contributed by atoms with Crippen LogP contribution in [-0.2, 0) is 16.4 Å². The maximum atomic E-state index is 12.7. The molecule has 1 heterocycles. The first-order valence-corrected chi connectivity index (χ1v) is 8.27. The molecule has 2 aromatic rings. The lowest BCUT2D eigenvalue weighted by Gasteiger charge is -2.20. The first-order chi connectivity index (χ1) is 10.2. The summed E-state index contributed by atoms with van der Waals surface area (Å²) in [5.41, 5.74) is 1.06. The van der Waals surface area contributed by atoms with Gasteiger partial charge in [0.05, 0.1) is 18.0 Å². The van der Waals surface area contributed by atoms with Crippen LogP contribution in [0.25, 0.3) is 0 Å². The van der Waals surface area contributed by atoms with Gasteiger partial charge in [-0.25, -0.2) is 8.42 Å². The lowest BCUT2D eigenvalue weighted by molar-refractivity contribution is 0.535. The molecule has 0 saturated heterocycles. The standard InChI is InChI=1S/C16H16N2O2S/c19-21(20,15-9-5-2-6-10-15)18-12-11-17-16(18)13-14-7-3-1-4-8-14/h1-10H,11-13H2. The summed E-state index contributed by atoms with van der Waals surface area (Å²) < 4.78 is 26.8. The second-order valence-electron chi connectivity index (χ2n) is 4.85. The van der Waals surface area contributed by atoms with Gasteiger partial charge in [-0.05, 0) is 17.7 Å². The highest BCUT2D eigenvalue weighted by atomic mass is 32.2. The van der Waals surface area contributed by atoms with Crippen molar-refractivity contribution in [2.24, 2.45) is 4.99 Å². The van der Waals surface area contributed by atoms with Crippen molar-refractivity contribution in [3.8, 4) is 0 Å². The molecule has 0 radical (unpaired) electrons. The highest BCUT2D eigenvalue weighted by Crippen LogP contribution is 2.20. The van der Waals surface area contributed by atoms with Crippen LogP contribution in [0.1, 0.15) is 5.56 Å². The minimum absolute atomic E-state index is 0.313. The summed E-state index contributed by atoms with van der Waals surface area (Å²) in [6, 6.07) is 18.3. The van der Waals surface area contributed by atoms with Crippen molar-refractivity contribution < 1.29 is 8.42 Å². The number of sulfonamides is 1. The van der Waals surface area contributed by atoms with E-state index in [1.165, 1.54) is 4.31 Å². The van der Waals surface area contributed by atoms with Crippen LogP contribution in [0.3, 0.4) is 0 Å². The molecule has 0 fully saturated rings. The summed E-state index contributed by atoms with van der Waals surface area (Å²) >= 11 is 0. The molecule has 1 aliphatic heterocycles. The molecular weight excluding hydrogens is 284 g/mol. The van der Waals surface area contributed by atoms with Crippen molar-refractivity contribution in [1.29, 1.82) is 0 Å². The Balaban J connectivity index is 1.87. The lowest BCUT2D eigenvalue weighted by Crippen LogP contribution is -2.35. The molecule has 21 heavy (non-hydrogen) atoms. The summed E-state index contributed by atoms with van der Waals surface area (Å²) in [6.45, 7) is 0.938. The Labute approximate surface area is 124 Å². The summed E-state index contributed by atoms with van der Waals surface area (Å²) in [4.78, 5) is 4.68. The number of hydrogen-bond donors (Lipinski definition) is 0. The van der Waals surface area contributed by atoms with Crippen molar-refractivity contribution in [2.45, 2.75) is 11.3 Å². The van der Waals surface area contributed by atoms with Crippen molar-refractivity contribution >= 4 is 15.9 Å². The molecule has 3 rings (SSSR count). The fourth-order valence-corrected chi connectivity index (χ4v) is 3.86. The van der Waals surface area contributed by atoms with Gasteiger partial charge in [0, 0.05) is 6.42 Å². The number of amidine groups is 1. The van der Waals surface area contributed by atoms with Crippen LogP contribution in [0.2, 0.25) is 0 Å². The van der Waals surface area contributed by atoms with Crippen LogP contribution < -0.4 is 0 Å². The molecule has 0 unspecified atom stereocenters. The van der Waals surface area contributed by atoms with Crippen LogP contribution in [0, 0.1) is 0 Å². The third kappa shape index (κ3) is 2.83. The van der Waals surface area contributed by atoms with E-state index in [2.05, 4.69) is 4.99 Å². The Bertz CT molecular complexity index is 740. The maximum Gasteiger partial charge on any atom is 0.265 e. The molecular formula is C16H16N2O2S. The summed E-state index contributed by atoms with van der Waals surface area (Å²) in [6.07, 6.45) is 0.535. The van der Waals surface area contributed by atoms with E-state index >= 15 is 0 Å². The normalized spacial score (nSPS) is 15.0. The van der Waals surface area contributed by atoms with Crippen molar-refractivity contribution in [1.82, 2.24) is 4.31 Å². The van der Waals surface area contributed by atoms with Gasteiger partial charge in [-0.1, -0.05) is 48.5 Å². The molecule has 0 saturated carbocycles. The van der Waals surface area contributed by atoms with E-state index in [1.807, 2.05) is 36.4 Å².